The summed E-state index contributed by atoms with van der Waals surface area (Å²) >= 11 is 0. The molecular weight excluding hydrogens is 246 g/mol. The summed E-state index contributed by atoms with van der Waals surface area (Å²) in [7, 11) is 4.16. The average molecular weight is 275 g/mol. The fourth-order valence-electron chi connectivity index (χ4n) is 3.10. The first kappa shape index (κ1) is 15.3. The number of nitrogens with zero attached hydrogens (tertiary/aromatic N) is 2. The van der Waals surface area contributed by atoms with Gasteiger partial charge in [-0.05, 0) is 49.9 Å². The van der Waals surface area contributed by atoms with E-state index in [1.165, 1.54) is 36.9 Å². The van der Waals surface area contributed by atoms with Crippen molar-refractivity contribution in [3.63, 3.8) is 0 Å². The van der Waals surface area contributed by atoms with E-state index in [-0.39, 0.29) is 0 Å². The summed E-state index contributed by atoms with van der Waals surface area (Å²) in [6, 6.07) is 10.1. The van der Waals surface area contributed by atoms with Crippen molar-refractivity contribution in [3.8, 4) is 0 Å². The van der Waals surface area contributed by atoms with Gasteiger partial charge in [0.05, 0.1) is 0 Å². The first-order valence-corrected chi connectivity index (χ1v) is 7.86. The Morgan fingerprint density at radius 2 is 1.65 bits per heavy atom. The summed E-state index contributed by atoms with van der Waals surface area (Å²) in [5.74, 6) is 0. The Morgan fingerprint density at radius 3 is 2.15 bits per heavy atom. The van der Waals surface area contributed by atoms with Crippen LogP contribution in [0.4, 0.5) is 5.69 Å². The summed E-state index contributed by atoms with van der Waals surface area (Å²) in [5, 5.41) is 0. The third kappa shape index (κ3) is 3.97. The monoisotopic (exact) mass is 275 g/mol. The van der Waals surface area contributed by atoms with Crippen molar-refractivity contribution in [2.24, 2.45) is 5.73 Å². The van der Waals surface area contributed by atoms with Crippen LogP contribution in [0.1, 0.15) is 38.2 Å². The number of hydrogen-bond donors (Lipinski definition) is 1. The Labute approximate surface area is 123 Å². The minimum atomic E-state index is 0.435. The van der Waals surface area contributed by atoms with Crippen LogP contribution >= 0.6 is 0 Å². The van der Waals surface area contributed by atoms with Crippen molar-refractivity contribution in [1.82, 2.24) is 4.90 Å². The van der Waals surface area contributed by atoms with Crippen LogP contribution in [0.15, 0.2) is 24.3 Å². The zero-order valence-corrected chi connectivity index (χ0v) is 13.2. The highest BCUT2D eigenvalue weighted by atomic mass is 15.1. The van der Waals surface area contributed by atoms with E-state index < -0.39 is 0 Å². The lowest BCUT2D eigenvalue weighted by molar-refractivity contribution is 0.149. The fourth-order valence-corrected chi connectivity index (χ4v) is 3.10. The van der Waals surface area contributed by atoms with Crippen LogP contribution < -0.4 is 10.6 Å². The molecule has 0 aromatic heterocycles. The molecule has 1 aromatic carbocycles. The van der Waals surface area contributed by atoms with E-state index in [9.17, 15) is 0 Å². The molecule has 1 aliphatic rings. The topological polar surface area (TPSA) is 32.5 Å². The Balaban J connectivity index is 1.95. The van der Waals surface area contributed by atoms with E-state index in [0.717, 1.165) is 13.1 Å². The van der Waals surface area contributed by atoms with Crippen molar-refractivity contribution < 1.29 is 0 Å². The fraction of sp³-hybridized carbons (Fsp3) is 0.647. The number of benzene rings is 1. The van der Waals surface area contributed by atoms with Crippen molar-refractivity contribution in [3.05, 3.63) is 29.8 Å². The van der Waals surface area contributed by atoms with Gasteiger partial charge in [-0.25, -0.2) is 0 Å². The van der Waals surface area contributed by atoms with Gasteiger partial charge in [-0.2, -0.15) is 0 Å². The van der Waals surface area contributed by atoms with E-state index in [1.54, 1.807) is 0 Å². The Morgan fingerprint density at radius 1 is 1.05 bits per heavy atom. The van der Waals surface area contributed by atoms with Crippen LogP contribution in [0, 0.1) is 0 Å². The zero-order valence-electron chi connectivity index (χ0n) is 13.2. The Bertz CT molecular complexity index is 391. The molecule has 3 nitrogen and oxygen atoms in total. The molecule has 2 N–H and O–H groups in total. The molecule has 112 valence electrons. The maximum absolute atomic E-state index is 6.01. The average Bonchev–Trinajstić information content (AvgIpc) is 2.46. The molecule has 2 rings (SSSR count). The van der Waals surface area contributed by atoms with E-state index in [1.807, 2.05) is 0 Å². The van der Waals surface area contributed by atoms with E-state index in [0.29, 0.717) is 12.1 Å². The molecule has 1 aliphatic carbocycles. The molecule has 1 saturated carbocycles. The molecule has 0 heterocycles. The van der Waals surface area contributed by atoms with Crippen molar-refractivity contribution in [2.75, 3.05) is 25.5 Å². The minimum absolute atomic E-state index is 0.435. The zero-order chi connectivity index (χ0) is 14.5. The second kappa shape index (κ2) is 7.09. The summed E-state index contributed by atoms with van der Waals surface area (Å²) in [6.07, 6.45) is 4.87. The Hall–Kier alpha value is -1.06. The molecular formula is C17H29N3. The third-order valence-electron chi connectivity index (χ3n) is 4.50. The van der Waals surface area contributed by atoms with Gasteiger partial charge < -0.3 is 10.6 Å². The van der Waals surface area contributed by atoms with Crippen molar-refractivity contribution in [2.45, 2.75) is 51.2 Å². The third-order valence-corrected chi connectivity index (χ3v) is 4.50. The van der Waals surface area contributed by atoms with Crippen molar-refractivity contribution in [1.29, 1.82) is 0 Å². The standard InChI is InChI=1S/C17H29N3/c1-4-20(17-11-7-15(18)8-12-17)13-14-5-9-16(10-6-14)19(2)3/h5-6,9-10,15,17H,4,7-8,11-13,18H2,1-3H3. The van der Waals surface area contributed by atoms with Gasteiger partial charge in [-0.1, -0.05) is 19.1 Å². The highest BCUT2D eigenvalue weighted by Gasteiger charge is 2.23. The smallest absolute Gasteiger partial charge is 0.0361 e. The van der Waals surface area contributed by atoms with Gasteiger partial charge in [0.25, 0.3) is 0 Å². The molecule has 0 amide bonds. The van der Waals surface area contributed by atoms with Crippen LogP contribution in [0.3, 0.4) is 0 Å². The van der Waals surface area contributed by atoms with Gasteiger partial charge in [0.1, 0.15) is 0 Å². The van der Waals surface area contributed by atoms with Crippen LogP contribution in [-0.2, 0) is 6.54 Å². The molecule has 1 fully saturated rings. The van der Waals surface area contributed by atoms with Crippen LogP contribution in [-0.4, -0.2) is 37.6 Å². The number of rotatable bonds is 5. The van der Waals surface area contributed by atoms with Gasteiger partial charge in [0.2, 0.25) is 0 Å². The first-order valence-electron chi connectivity index (χ1n) is 7.86. The molecule has 0 atom stereocenters. The molecule has 3 heteroatoms. The SMILES string of the molecule is CCN(Cc1ccc(N(C)C)cc1)C1CCC(N)CC1. The molecule has 0 spiro atoms. The van der Waals surface area contributed by atoms with Crippen LogP contribution in [0.5, 0.6) is 0 Å². The van der Waals surface area contributed by atoms with Crippen LogP contribution in [0.25, 0.3) is 0 Å². The Kier molecular flexibility index (Phi) is 5.44. The normalized spacial score (nSPS) is 23.1. The number of hydrogen-bond acceptors (Lipinski definition) is 3. The van der Waals surface area contributed by atoms with E-state index in [4.69, 9.17) is 5.73 Å². The molecule has 0 unspecified atom stereocenters. The second-order valence-electron chi connectivity index (χ2n) is 6.19. The summed E-state index contributed by atoms with van der Waals surface area (Å²) in [6.45, 7) is 4.45. The highest BCUT2D eigenvalue weighted by Crippen LogP contribution is 2.24. The maximum Gasteiger partial charge on any atom is 0.0361 e. The predicted octanol–water partition coefficient (Wildman–Crippen LogP) is 2.84. The number of nitrogens with two attached hydrogens (primary N) is 1. The van der Waals surface area contributed by atoms with Crippen LogP contribution in [0.2, 0.25) is 0 Å². The highest BCUT2D eigenvalue weighted by molar-refractivity contribution is 5.45. The lowest BCUT2D eigenvalue weighted by atomic mass is 9.90. The van der Waals surface area contributed by atoms with Gasteiger partial charge in [0, 0.05) is 38.4 Å². The summed E-state index contributed by atoms with van der Waals surface area (Å²) in [4.78, 5) is 4.75. The molecule has 0 bridgehead atoms. The quantitative estimate of drug-likeness (QED) is 0.897. The van der Waals surface area contributed by atoms with Gasteiger partial charge in [0.15, 0.2) is 0 Å². The number of anilines is 1. The largest absolute Gasteiger partial charge is 0.378 e. The van der Waals surface area contributed by atoms with E-state index >= 15 is 0 Å². The predicted molar refractivity (Wildman–Crippen MR) is 87.1 cm³/mol. The second-order valence-corrected chi connectivity index (χ2v) is 6.19. The van der Waals surface area contributed by atoms with Gasteiger partial charge in [-0.3, -0.25) is 4.90 Å². The summed E-state index contributed by atoms with van der Waals surface area (Å²) < 4.78 is 0. The van der Waals surface area contributed by atoms with Gasteiger partial charge >= 0.3 is 0 Å². The summed E-state index contributed by atoms with van der Waals surface area (Å²) in [5.41, 5.74) is 8.69. The lowest BCUT2D eigenvalue weighted by Gasteiger charge is -2.35. The molecule has 0 aliphatic heterocycles. The minimum Gasteiger partial charge on any atom is -0.378 e. The molecule has 20 heavy (non-hydrogen) atoms. The molecule has 1 aromatic rings. The van der Waals surface area contributed by atoms with Gasteiger partial charge in [-0.15, -0.1) is 0 Å². The first-order chi connectivity index (χ1) is 9.60. The molecule has 0 saturated heterocycles. The molecule has 0 radical (unpaired) electrons. The maximum atomic E-state index is 6.01. The van der Waals surface area contributed by atoms with E-state index in [2.05, 4.69) is 55.1 Å². The van der Waals surface area contributed by atoms with Crippen molar-refractivity contribution >= 4 is 5.69 Å². The lowest BCUT2D eigenvalue weighted by Crippen LogP contribution is -2.40.